The van der Waals surface area contributed by atoms with Crippen molar-refractivity contribution in [3.63, 3.8) is 0 Å². The molecule has 3 N–H and O–H groups in total. The Balaban J connectivity index is 1.74. The van der Waals surface area contributed by atoms with Gasteiger partial charge in [-0.2, -0.15) is 13.5 Å². The van der Waals surface area contributed by atoms with Crippen molar-refractivity contribution in [1.82, 2.24) is 15.7 Å². The Morgan fingerprint density at radius 2 is 1.93 bits per heavy atom. The normalized spacial score (nSPS) is 11.4. The molecule has 0 saturated heterocycles. The summed E-state index contributed by atoms with van der Waals surface area (Å²) >= 11 is 0. The second-order valence-electron chi connectivity index (χ2n) is 5.60. The van der Waals surface area contributed by atoms with Crippen molar-refractivity contribution in [2.45, 2.75) is 4.90 Å². The number of rotatable bonds is 7. The smallest absolute Gasteiger partial charge is 0.339 e. The van der Waals surface area contributed by atoms with Crippen molar-refractivity contribution in [3.8, 4) is 11.5 Å². The van der Waals surface area contributed by atoms with Gasteiger partial charge in [-0.3, -0.25) is 4.79 Å². The van der Waals surface area contributed by atoms with Crippen LogP contribution in [0.4, 0.5) is 10.2 Å². The van der Waals surface area contributed by atoms with Gasteiger partial charge in [-0.15, -0.1) is 0 Å². The fourth-order valence-corrected chi connectivity index (χ4v) is 3.11. The van der Waals surface area contributed by atoms with Gasteiger partial charge in [0, 0.05) is 0 Å². The van der Waals surface area contributed by atoms with E-state index in [0.717, 1.165) is 24.3 Å². The van der Waals surface area contributed by atoms with E-state index in [1.807, 2.05) is 0 Å². The van der Waals surface area contributed by atoms with E-state index in [1.54, 1.807) is 0 Å². The van der Waals surface area contributed by atoms with E-state index in [-0.39, 0.29) is 27.9 Å². The minimum atomic E-state index is -4.20. The molecule has 156 valence electrons. The first-order valence-corrected chi connectivity index (χ1v) is 9.50. The zero-order valence-corrected chi connectivity index (χ0v) is 16.1. The van der Waals surface area contributed by atoms with Crippen LogP contribution in [0.1, 0.15) is 16.1 Å². The SMILES string of the molecule is COc1cc(/C=N/NC(=O)c2nonc2N)ccc1OS(=O)(=O)c1ccc(F)cc1. The molecule has 0 aliphatic rings. The molecule has 30 heavy (non-hydrogen) atoms. The summed E-state index contributed by atoms with van der Waals surface area (Å²) < 4.78 is 52.2. The molecule has 0 saturated carbocycles. The molecule has 11 nitrogen and oxygen atoms in total. The lowest BCUT2D eigenvalue weighted by molar-refractivity contribution is 0.0946. The predicted octanol–water partition coefficient (Wildman–Crippen LogP) is 1.33. The van der Waals surface area contributed by atoms with Gasteiger partial charge in [0.15, 0.2) is 11.5 Å². The van der Waals surface area contributed by atoms with Crippen LogP contribution in [0.2, 0.25) is 0 Å². The Labute approximate surface area is 169 Å². The van der Waals surface area contributed by atoms with Gasteiger partial charge < -0.3 is 14.7 Å². The number of nitrogens with one attached hydrogen (secondary N) is 1. The summed E-state index contributed by atoms with van der Waals surface area (Å²) in [6.45, 7) is 0. The average molecular weight is 435 g/mol. The number of aromatic nitrogens is 2. The minimum Gasteiger partial charge on any atom is -0.493 e. The van der Waals surface area contributed by atoms with Crippen LogP contribution in [0.25, 0.3) is 0 Å². The first kappa shape index (κ1) is 20.7. The van der Waals surface area contributed by atoms with Crippen LogP contribution in [0.15, 0.2) is 57.1 Å². The second kappa shape index (κ2) is 8.57. The molecule has 3 rings (SSSR count). The molecule has 0 unspecified atom stereocenters. The van der Waals surface area contributed by atoms with Gasteiger partial charge in [0.2, 0.25) is 11.5 Å². The summed E-state index contributed by atoms with van der Waals surface area (Å²) in [6.07, 6.45) is 1.27. The van der Waals surface area contributed by atoms with E-state index in [2.05, 4.69) is 25.5 Å². The van der Waals surface area contributed by atoms with Crippen molar-refractivity contribution >= 4 is 28.1 Å². The van der Waals surface area contributed by atoms with E-state index in [0.29, 0.717) is 5.56 Å². The number of nitrogens with two attached hydrogens (primary N) is 1. The van der Waals surface area contributed by atoms with Gasteiger partial charge >= 0.3 is 10.1 Å². The van der Waals surface area contributed by atoms with E-state index >= 15 is 0 Å². The molecule has 3 aromatic rings. The molecule has 2 aromatic carbocycles. The number of ether oxygens (including phenoxy) is 1. The number of nitrogens with zero attached hydrogens (tertiary/aromatic N) is 3. The number of nitrogen functional groups attached to an aromatic ring is 1. The molecule has 0 radical (unpaired) electrons. The minimum absolute atomic E-state index is 0.0842. The highest BCUT2D eigenvalue weighted by molar-refractivity contribution is 7.87. The second-order valence-corrected chi connectivity index (χ2v) is 7.15. The highest BCUT2D eigenvalue weighted by Crippen LogP contribution is 2.30. The molecule has 0 aliphatic heterocycles. The Hall–Kier alpha value is -4.00. The van der Waals surface area contributed by atoms with Crippen LogP contribution in [-0.2, 0) is 10.1 Å². The molecule has 0 aliphatic carbocycles. The zero-order valence-electron chi connectivity index (χ0n) is 15.3. The third-order valence-electron chi connectivity index (χ3n) is 3.60. The largest absolute Gasteiger partial charge is 0.493 e. The van der Waals surface area contributed by atoms with Gasteiger partial charge in [0.25, 0.3) is 5.91 Å². The molecule has 13 heteroatoms. The molecule has 0 bridgehead atoms. The maximum atomic E-state index is 13.0. The van der Waals surface area contributed by atoms with Crippen molar-refractivity contribution in [2.24, 2.45) is 5.10 Å². The number of carbonyl (C=O) groups is 1. The van der Waals surface area contributed by atoms with Crippen LogP contribution < -0.4 is 20.1 Å². The number of hydrogen-bond donors (Lipinski definition) is 2. The average Bonchev–Trinajstić information content (AvgIpc) is 3.15. The number of anilines is 1. The monoisotopic (exact) mass is 435 g/mol. The maximum absolute atomic E-state index is 13.0. The van der Waals surface area contributed by atoms with E-state index in [9.17, 15) is 17.6 Å². The fourth-order valence-electron chi connectivity index (χ4n) is 2.17. The highest BCUT2D eigenvalue weighted by Gasteiger charge is 2.19. The zero-order chi connectivity index (χ0) is 21.7. The van der Waals surface area contributed by atoms with E-state index < -0.39 is 21.8 Å². The first-order valence-electron chi connectivity index (χ1n) is 8.09. The van der Waals surface area contributed by atoms with Gasteiger partial charge in [0.05, 0.1) is 13.3 Å². The van der Waals surface area contributed by atoms with Crippen LogP contribution in [0, 0.1) is 5.82 Å². The Bertz CT molecular complexity index is 1190. The highest BCUT2D eigenvalue weighted by atomic mass is 32.2. The van der Waals surface area contributed by atoms with Gasteiger partial charge in [-0.25, -0.2) is 14.4 Å². The number of benzene rings is 2. The first-order chi connectivity index (χ1) is 14.3. The molecular weight excluding hydrogens is 421 g/mol. The van der Waals surface area contributed by atoms with Crippen LogP contribution >= 0.6 is 0 Å². The standard InChI is InChI=1S/C17H14FN5O6S/c1-27-14-8-10(9-20-21-17(24)15-16(19)23-29-22-15)2-7-13(14)28-30(25,26)12-5-3-11(18)4-6-12/h2-9H,1H3,(H2,19,23)(H,21,24)/b20-9+. The topological polar surface area (TPSA) is 159 Å². The molecule has 0 spiro atoms. The lowest BCUT2D eigenvalue weighted by Gasteiger charge is -2.11. The molecule has 1 aromatic heterocycles. The maximum Gasteiger partial charge on any atom is 0.339 e. The summed E-state index contributed by atoms with van der Waals surface area (Å²) in [4.78, 5) is 11.6. The van der Waals surface area contributed by atoms with E-state index in [1.165, 1.54) is 31.5 Å². The lowest BCUT2D eigenvalue weighted by atomic mass is 10.2. The van der Waals surface area contributed by atoms with Gasteiger partial charge in [0.1, 0.15) is 10.7 Å². The van der Waals surface area contributed by atoms with Gasteiger partial charge in [-0.05, 0) is 58.3 Å². The number of hydrazone groups is 1. The summed E-state index contributed by atoms with van der Waals surface area (Å²) in [7, 11) is -2.89. The Morgan fingerprint density at radius 1 is 1.20 bits per heavy atom. The molecule has 1 amide bonds. The van der Waals surface area contributed by atoms with Crippen LogP contribution in [-0.4, -0.2) is 38.0 Å². The number of hydrogen-bond acceptors (Lipinski definition) is 10. The number of amides is 1. The number of methoxy groups -OCH3 is 1. The number of carbonyl (C=O) groups excluding carboxylic acids is 1. The Morgan fingerprint density at radius 3 is 2.57 bits per heavy atom. The van der Waals surface area contributed by atoms with Crippen LogP contribution in [0.3, 0.4) is 0 Å². The van der Waals surface area contributed by atoms with Gasteiger partial charge in [-0.1, -0.05) is 0 Å². The predicted molar refractivity (Wildman–Crippen MR) is 101 cm³/mol. The summed E-state index contributed by atoms with van der Waals surface area (Å²) in [5.41, 5.74) is 7.81. The van der Waals surface area contributed by atoms with E-state index in [4.69, 9.17) is 14.7 Å². The van der Waals surface area contributed by atoms with Crippen LogP contribution in [0.5, 0.6) is 11.5 Å². The molecule has 0 fully saturated rings. The van der Waals surface area contributed by atoms with Crippen molar-refractivity contribution in [3.05, 3.63) is 59.5 Å². The summed E-state index contributed by atoms with van der Waals surface area (Å²) in [5, 5.41) is 10.3. The van der Waals surface area contributed by atoms with Crippen molar-refractivity contribution in [2.75, 3.05) is 12.8 Å². The Kier molecular flexibility index (Phi) is 5.92. The quantitative estimate of drug-likeness (QED) is 0.317. The third-order valence-corrected chi connectivity index (χ3v) is 4.85. The van der Waals surface area contributed by atoms with Crippen molar-refractivity contribution < 1.29 is 31.2 Å². The summed E-state index contributed by atoms with van der Waals surface area (Å²) in [5.74, 6) is -1.51. The molecule has 1 heterocycles. The third kappa shape index (κ3) is 4.70. The fraction of sp³-hybridized carbons (Fsp3) is 0.0588. The van der Waals surface area contributed by atoms with Crippen molar-refractivity contribution in [1.29, 1.82) is 0 Å². The number of halogens is 1. The summed E-state index contributed by atoms with van der Waals surface area (Å²) in [6, 6.07) is 8.41. The lowest BCUT2D eigenvalue weighted by Crippen LogP contribution is -2.19. The molecular formula is C17H14FN5O6S. The molecule has 0 atom stereocenters.